The molecule has 1 fully saturated rings. The monoisotopic (exact) mass is 323 g/mol. The number of aromatic nitrogens is 2. The second-order valence-corrected chi connectivity index (χ2v) is 5.97. The first-order chi connectivity index (χ1) is 9.06. The summed E-state index contributed by atoms with van der Waals surface area (Å²) in [6.07, 6.45) is 4.40. The number of rotatable bonds is 3. The molecule has 0 amide bonds. The number of hydrogen-bond donors (Lipinski definition) is 1. The van der Waals surface area contributed by atoms with Gasteiger partial charge in [0.2, 0.25) is 0 Å². The number of nitrogens with two attached hydrogens (primary N) is 1. The van der Waals surface area contributed by atoms with Crippen LogP contribution < -0.4 is 5.73 Å². The standard InChI is InChI=1S/C14H15BrFN3/c1-8(9-2-3-9)19-7-13(17)14(18-19)10-4-5-12(16)11(15)6-10/h4-9H,2-3,17H2,1H3. The summed E-state index contributed by atoms with van der Waals surface area (Å²) >= 11 is 3.19. The molecule has 1 aromatic carbocycles. The molecule has 1 unspecified atom stereocenters. The highest BCUT2D eigenvalue weighted by Gasteiger charge is 2.30. The fourth-order valence-corrected chi connectivity index (χ4v) is 2.66. The second-order valence-electron chi connectivity index (χ2n) is 5.12. The van der Waals surface area contributed by atoms with Gasteiger partial charge in [0.25, 0.3) is 0 Å². The predicted molar refractivity (Wildman–Crippen MR) is 77.2 cm³/mol. The van der Waals surface area contributed by atoms with Crippen LogP contribution in [0.15, 0.2) is 28.9 Å². The summed E-state index contributed by atoms with van der Waals surface area (Å²) in [5.74, 6) is 0.431. The number of nitrogen functional groups attached to an aromatic ring is 1. The number of benzene rings is 1. The van der Waals surface area contributed by atoms with Crippen molar-refractivity contribution >= 4 is 21.6 Å². The molecule has 2 aromatic rings. The van der Waals surface area contributed by atoms with Crippen LogP contribution >= 0.6 is 15.9 Å². The molecule has 0 bridgehead atoms. The summed E-state index contributed by atoms with van der Waals surface area (Å²) in [4.78, 5) is 0. The van der Waals surface area contributed by atoms with Crippen LogP contribution in [0.1, 0.15) is 25.8 Å². The molecule has 2 N–H and O–H groups in total. The zero-order valence-corrected chi connectivity index (χ0v) is 12.2. The lowest BCUT2D eigenvalue weighted by Crippen LogP contribution is -2.07. The fourth-order valence-electron chi connectivity index (χ4n) is 2.28. The molecule has 0 aliphatic heterocycles. The summed E-state index contributed by atoms with van der Waals surface area (Å²) in [6, 6.07) is 5.20. The number of nitrogens with zero attached hydrogens (tertiary/aromatic N) is 2. The Kier molecular flexibility index (Phi) is 3.09. The Bertz CT molecular complexity index is 619. The predicted octanol–water partition coefficient (Wildman–Crippen LogP) is 4.00. The molecule has 1 aliphatic rings. The molecule has 1 saturated carbocycles. The number of anilines is 1. The molecular formula is C14H15BrFN3. The van der Waals surface area contributed by atoms with E-state index in [2.05, 4.69) is 28.0 Å². The minimum atomic E-state index is -0.284. The van der Waals surface area contributed by atoms with Crippen molar-refractivity contribution in [3.05, 3.63) is 34.7 Å². The lowest BCUT2D eigenvalue weighted by Gasteiger charge is -2.09. The SMILES string of the molecule is CC(C1CC1)n1cc(N)c(-c2ccc(F)c(Br)c2)n1. The van der Waals surface area contributed by atoms with Crippen LogP contribution in [0, 0.1) is 11.7 Å². The average Bonchev–Trinajstić information content (AvgIpc) is 3.15. The van der Waals surface area contributed by atoms with Crippen molar-refractivity contribution in [1.82, 2.24) is 9.78 Å². The van der Waals surface area contributed by atoms with E-state index >= 15 is 0 Å². The van der Waals surface area contributed by atoms with Gasteiger partial charge in [0.1, 0.15) is 11.5 Å². The molecule has 3 rings (SSSR count). The molecule has 0 radical (unpaired) electrons. The van der Waals surface area contributed by atoms with Crippen LogP contribution in [-0.2, 0) is 0 Å². The third kappa shape index (κ3) is 2.39. The summed E-state index contributed by atoms with van der Waals surface area (Å²) in [5, 5.41) is 4.56. The zero-order valence-electron chi connectivity index (χ0n) is 10.6. The molecular weight excluding hydrogens is 309 g/mol. The molecule has 3 nitrogen and oxygen atoms in total. The van der Waals surface area contributed by atoms with Crippen molar-refractivity contribution in [2.45, 2.75) is 25.8 Å². The quantitative estimate of drug-likeness (QED) is 0.927. The van der Waals surface area contributed by atoms with Gasteiger partial charge in [-0.05, 0) is 59.8 Å². The Balaban J connectivity index is 1.97. The normalized spacial score (nSPS) is 16.6. The van der Waals surface area contributed by atoms with E-state index in [4.69, 9.17) is 5.73 Å². The van der Waals surface area contributed by atoms with E-state index in [-0.39, 0.29) is 5.82 Å². The van der Waals surface area contributed by atoms with Crippen molar-refractivity contribution in [2.24, 2.45) is 5.92 Å². The van der Waals surface area contributed by atoms with Gasteiger partial charge in [-0.1, -0.05) is 0 Å². The Hall–Kier alpha value is -1.36. The van der Waals surface area contributed by atoms with Gasteiger partial charge in [0.05, 0.1) is 16.2 Å². The van der Waals surface area contributed by atoms with Gasteiger partial charge in [-0.25, -0.2) is 4.39 Å². The van der Waals surface area contributed by atoms with Crippen LogP contribution in [0.4, 0.5) is 10.1 Å². The maximum Gasteiger partial charge on any atom is 0.137 e. The molecule has 1 atom stereocenters. The smallest absolute Gasteiger partial charge is 0.137 e. The van der Waals surface area contributed by atoms with Crippen molar-refractivity contribution in [3.63, 3.8) is 0 Å². The Morgan fingerprint density at radius 3 is 2.84 bits per heavy atom. The molecule has 1 aromatic heterocycles. The Morgan fingerprint density at radius 2 is 2.21 bits per heavy atom. The topological polar surface area (TPSA) is 43.8 Å². The summed E-state index contributed by atoms with van der Waals surface area (Å²) < 4.78 is 15.6. The first-order valence-corrected chi connectivity index (χ1v) is 7.15. The minimum Gasteiger partial charge on any atom is -0.396 e. The fraction of sp³-hybridized carbons (Fsp3) is 0.357. The Labute approximate surface area is 119 Å². The molecule has 1 aliphatic carbocycles. The first-order valence-electron chi connectivity index (χ1n) is 6.36. The average molecular weight is 324 g/mol. The minimum absolute atomic E-state index is 0.284. The van der Waals surface area contributed by atoms with Crippen LogP contribution in [0.5, 0.6) is 0 Å². The molecule has 19 heavy (non-hydrogen) atoms. The van der Waals surface area contributed by atoms with Gasteiger partial charge >= 0.3 is 0 Å². The van der Waals surface area contributed by atoms with E-state index in [0.717, 1.165) is 5.56 Å². The molecule has 1 heterocycles. The van der Waals surface area contributed by atoms with Crippen molar-refractivity contribution in [2.75, 3.05) is 5.73 Å². The van der Waals surface area contributed by atoms with Crippen molar-refractivity contribution in [1.29, 1.82) is 0 Å². The van der Waals surface area contributed by atoms with Gasteiger partial charge in [0.15, 0.2) is 0 Å². The third-order valence-electron chi connectivity index (χ3n) is 3.67. The highest BCUT2D eigenvalue weighted by Crippen LogP contribution is 2.40. The van der Waals surface area contributed by atoms with Gasteiger partial charge in [-0.3, -0.25) is 4.68 Å². The van der Waals surface area contributed by atoms with E-state index in [0.29, 0.717) is 27.8 Å². The van der Waals surface area contributed by atoms with E-state index in [9.17, 15) is 4.39 Å². The lowest BCUT2D eigenvalue weighted by atomic mass is 10.1. The number of hydrogen-bond acceptors (Lipinski definition) is 2. The van der Waals surface area contributed by atoms with E-state index in [1.165, 1.54) is 18.9 Å². The van der Waals surface area contributed by atoms with Gasteiger partial charge in [-0.15, -0.1) is 0 Å². The largest absolute Gasteiger partial charge is 0.396 e. The molecule has 0 saturated heterocycles. The number of halogens is 2. The summed E-state index contributed by atoms with van der Waals surface area (Å²) in [5.41, 5.74) is 8.20. The zero-order chi connectivity index (χ0) is 13.6. The van der Waals surface area contributed by atoms with Crippen LogP contribution in [-0.4, -0.2) is 9.78 Å². The maximum absolute atomic E-state index is 13.3. The van der Waals surface area contributed by atoms with E-state index < -0.39 is 0 Å². The first kappa shape index (κ1) is 12.7. The van der Waals surface area contributed by atoms with Crippen LogP contribution in [0.25, 0.3) is 11.3 Å². The van der Waals surface area contributed by atoms with E-state index in [1.54, 1.807) is 12.1 Å². The maximum atomic E-state index is 13.3. The van der Waals surface area contributed by atoms with Gasteiger partial charge in [0, 0.05) is 11.8 Å². The highest BCUT2D eigenvalue weighted by molar-refractivity contribution is 9.10. The Morgan fingerprint density at radius 1 is 1.47 bits per heavy atom. The van der Waals surface area contributed by atoms with Crippen LogP contribution in [0.2, 0.25) is 0 Å². The molecule has 5 heteroatoms. The molecule has 0 spiro atoms. The molecule has 100 valence electrons. The summed E-state index contributed by atoms with van der Waals surface area (Å²) in [6.45, 7) is 2.16. The van der Waals surface area contributed by atoms with E-state index in [1.807, 2.05) is 10.9 Å². The second kappa shape index (κ2) is 4.63. The van der Waals surface area contributed by atoms with Crippen LogP contribution in [0.3, 0.4) is 0 Å². The van der Waals surface area contributed by atoms with Crippen molar-refractivity contribution in [3.8, 4) is 11.3 Å². The third-order valence-corrected chi connectivity index (χ3v) is 4.28. The van der Waals surface area contributed by atoms with Crippen molar-refractivity contribution < 1.29 is 4.39 Å². The summed E-state index contributed by atoms with van der Waals surface area (Å²) in [7, 11) is 0. The highest BCUT2D eigenvalue weighted by atomic mass is 79.9. The van der Waals surface area contributed by atoms with Gasteiger partial charge in [-0.2, -0.15) is 5.10 Å². The lowest BCUT2D eigenvalue weighted by molar-refractivity contribution is 0.441. The van der Waals surface area contributed by atoms with Gasteiger partial charge < -0.3 is 5.73 Å².